The molecule has 100 valence electrons. The van der Waals surface area contributed by atoms with Gasteiger partial charge in [-0.2, -0.15) is 0 Å². The van der Waals surface area contributed by atoms with Gasteiger partial charge in [0.05, 0.1) is 5.38 Å². The predicted molar refractivity (Wildman–Crippen MR) is 77.5 cm³/mol. The van der Waals surface area contributed by atoms with E-state index in [1.54, 1.807) is 0 Å². The zero-order chi connectivity index (χ0) is 14.0. The van der Waals surface area contributed by atoms with Crippen LogP contribution in [0.3, 0.4) is 0 Å². The van der Waals surface area contributed by atoms with Gasteiger partial charge in [0.1, 0.15) is 11.6 Å². The van der Waals surface area contributed by atoms with E-state index in [1.807, 2.05) is 25.1 Å². The molecule has 2 aromatic rings. The second-order valence-electron chi connectivity index (χ2n) is 4.36. The van der Waals surface area contributed by atoms with Crippen LogP contribution >= 0.6 is 27.5 Å². The lowest BCUT2D eigenvalue weighted by atomic mass is 10.00. The van der Waals surface area contributed by atoms with E-state index in [0.717, 1.165) is 21.7 Å². The van der Waals surface area contributed by atoms with Gasteiger partial charge in [-0.05, 0) is 42.2 Å². The van der Waals surface area contributed by atoms with Crippen molar-refractivity contribution in [2.24, 2.45) is 0 Å². The topological polar surface area (TPSA) is 0 Å². The normalized spacial score (nSPS) is 12.5. The maximum absolute atomic E-state index is 13.6. The van der Waals surface area contributed by atoms with Crippen LogP contribution in [0.15, 0.2) is 40.9 Å². The molecular formula is C15H12BrClF2. The molecule has 0 saturated heterocycles. The number of rotatable bonds is 3. The third-order valence-corrected chi connectivity index (χ3v) is 4.31. The van der Waals surface area contributed by atoms with E-state index in [4.69, 9.17) is 11.6 Å². The van der Waals surface area contributed by atoms with Gasteiger partial charge in [0.2, 0.25) is 0 Å². The van der Waals surface area contributed by atoms with Gasteiger partial charge >= 0.3 is 0 Å². The summed E-state index contributed by atoms with van der Waals surface area (Å²) in [5, 5.41) is -0.350. The summed E-state index contributed by atoms with van der Waals surface area (Å²) < 4.78 is 27.4. The second-order valence-corrected chi connectivity index (χ2v) is 5.74. The standard InChI is InChI=1S/C15H12BrClF2/c1-9-12(3-2-4-13(9)16)14(17)7-10-5-6-11(18)8-15(10)19/h2-6,8,14H,7H2,1H3. The molecule has 0 heterocycles. The molecule has 0 N–H and O–H groups in total. The maximum Gasteiger partial charge on any atom is 0.129 e. The molecule has 0 amide bonds. The molecule has 19 heavy (non-hydrogen) atoms. The van der Waals surface area contributed by atoms with Crippen LogP contribution in [-0.2, 0) is 6.42 Å². The molecule has 0 aliphatic carbocycles. The lowest BCUT2D eigenvalue weighted by molar-refractivity contribution is 0.570. The zero-order valence-electron chi connectivity index (χ0n) is 10.3. The van der Waals surface area contributed by atoms with E-state index >= 15 is 0 Å². The summed E-state index contributed by atoms with van der Waals surface area (Å²) in [5.74, 6) is -1.13. The minimum Gasteiger partial charge on any atom is -0.207 e. The first-order valence-corrected chi connectivity index (χ1v) is 7.05. The Morgan fingerprint density at radius 2 is 1.95 bits per heavy atom. The van der Waals surface area contributed by atoms with Crippen molar-refractivity contribution in [3.8, 4) is 0 Å². The van der Waals surface area contributed by atoms with Crippen LogP contribution in [0.2, 0.25) is 0 Å². The smallest absolute Gasteiger partial charge is 0.129 e. The molecule has 0 aliphatic heterocycles. The van der Waals surface area contributed by atoms with Gasteiger partial charge in [-0.3, -0.25) is 0 Å². The molecule has 0 aliphatic rings. The van der Waals surface area contributed by atoms with E-state index in [0.29, 0.717) is 12.0 Å². The molecule has 0 bridgehead atoms. The van der Waals surface area contributed by atoms with Gasteiger partial charge < -0.3 is 0 Å². The summed E-state index contributed by atoms with van der Waals surface area (Å²) in [6.45, 7) is 1.95. The summed E-state index contributed by atoms with van der Waals surface area (Å²) in [7, 11) is 0. The van der Waals surface area contributed by atoms with Gasteiger partial charge in [-0.1, -0.05) is 34.1 Å². The number of hydrogen-bond acceptors (Lipinski definition) is 0. The van der Waals surface area contributed by atoms with Crippen molar-refractivity contribution in [2.45, 2.75) is 18.7 Å². The first-order valence-electron chi connectivity index (χ1n) is 5.82. The van der Waals surface area contributed by atoms with Gasteiger partial charge in [0.15, 0.2) is 0 Å². The third kappa shape index (κ3) is 3.34. The largest absolute Gasteiger partial charge is 0.207 e. The third-order valence-electron chi connectivity index (χ3n) is 3.06. The van der Waals surface area contributed by atoms with Crippen molar-refractivity contribution < 1.29 is 8.78 Å². The van der Waals surface area contributed by atoms with Crippen molar-refractivity contribution in [3.63, 3.8) is 0 Å². The highest BCUT2D eigenvalue weighted by atomic mass is 79.9. The quantitative estimate of drug-likeness (QED) is 0.639. The number of hydrogen-bond donors (Lipinski definition) is 0. The molecule has 0 spiro atoms. The average Bonchev–Trinajstić information content (AvgIpc) is 2.36. The highest BCUT2D eigenvalue weighted by Gasteiger charge is 2.15. The molecule has 0 saturated carbocycles. The highest BCUT2D eigenvalue weighted by Crippen LogP contribution is 2.31. The second kappa shape index (κ2) is 6.02. The first kappa shape index (κ1) is 14.5. The van der Waals surface area contributed by atoms with Gasteiger partial charge in [0, 0.05) is 10.5 Å². The van der Waals surface area contributed by atoms with Crippen molar-refractivity contribution in [3.05, 3.63) is 69.2 Å². The summed E-state index contributed by atoms with van der Waals surface area (Å²) in [6.07, 6.45) is 0.324. The van der Waals surface area contributed by atoms with Gasteiger partial charge in [-0.25, -0.2) is 8.78 Å². The fraction of sp³-hybridized carbons (Fsp3) is 0.200. The summed E-state index contributed by atoms with van der Waals surface area (Å²) >= 11 is 9.79. The number of alkyl halides is 1. The molecule has 1 atom stereocenters. The van der Waals surface area contributed by atoms with E-state index in [1.165, 1.54) is 12.1 Å². The van der Waals surface area contributed by atoms with E-state index in [9.17, 15) is 8.78 Å². The number of halogens is 4. The summed E-state index contributed by atoms with van der Waals surface area (Å²) in [5.41, 5.74) is 2.39. The van der Waals surface area contributed by atoms with Crippen molar-refractivity contribution >= 4 is 27.5 Å². The van der Waals surface area contributed by atoms with E-state index in [2.05, 4.69) is 15.9 Å². The van der Waals surface area contributed by atoms with E-state index in [-0.39, 0.29) is 5.38 Å². The Morgan fingerprint density at radius 1 is 1.21 bits per heavy atom. The minimum atomic E-state index is -0.578. The Hall–Kier alpha value is -0.930. The average molecular weight is 346 g/mol. The Kier molecular flexibility index (Phi) is 4.58. The van der Waals surface area contributed by atoms with Crippen LogP contribution in [0.1, 0.15) is 22.1 Å². The van der Waals surface area contributed by atoms with Crippen LogP contribution in [0, 0.1) is 18.6 Å². The maximum atomic E-state index is 13.6. The molecule has 2 aromatic carbocycles. The van der Waals surface area contributed by atoms with Crippen molar-refractivity contribution in [1.82, 2.24) is 0 Å². The van der Waals surface area contributed by atoms with Crippen LogP contribution in [-0.4, -0.2) is 0 Å². The van der Waals surface area contributed by atoms with Crippen molar-refractivity contribution in [2.75, 3.05) is 0 Å². The number of benzene rings is 2. The zero-order valence-corrected chi connectivity index (χ0v) is 12.6. The fourth-order valence-corrected chi connectivity index (χ4v) is 2.74. The summed E-state index contributed by atoms with van der Waals surface area (Å²) in [4.78, 5) is 0. The molecular weight excluding hydrogens is 334 g/mol. The van der Waals surface area contributed by atoms with Gasteiger partial charge in [-0.15, -0.1) is 11.6 Å². The minimum absolute atomic E-state index is 0.324. The van der Waals surface area contributed by atoms with Crippen LogP contribution in [0.5, 0.6) is 0 Å². The monoisotopic (exact) mass is 344 g/mol. The van der Waals surface area contributed by atoms with Crippen molar-refractivity contribution in [1.29, 1.82) is 0 Å². The molecule has 0 fully saturated rings. The Bertz CT molecular complexity index is 599. The van der Waals surface area contributed by atoms with Gasteiger partial charge in [0.25, 0.3) is 0 Å². The van der Waals surface area contributed by atoms with Crippen LogP contribution in [0.25, 0.3) is 0 Å². The molecule has 0 nitrogen and oxygen atoms in total. The molecule has 4 heteroatoms. The Labute approximate surface area is 124 Å². The Morgan fingerprint density at radius 3 is 2.63 bits per heavy atom. The molecule has 2 rings (SSSR count). The highest BCUT2D eigenvalue weighted by molar-refractivity contribution is 9.10. The fourth-order valence-electron chi connectivity index (χ4n) is 1.95. The summed E-state index contributed by atoms with van der Waals surface area (Å²) in [6, 6.07) is 9.30. The Balaban J connectivity index is 2.25. The lowest BCUT2D eigenvalue weighted by Gasteiger charge is -2.14. The van der Waals surface area contributed by atoms with Crippen LogP contribution < -0.4 is 0 Å². The molecule has 0 radical (unpaired) electrons. The predicted octanol–water partition coefficient (Wildman–Crippen LogP) is 5.56. The SMILES string of the molecule is Cc1c(Br)cccc1C(Cl)Cc1ccc(F)cc1F. The molecule has 0 aromatic heterocycles. The van der Waals surface area contributed by atoms with E-state index < -0.39 is 11.6 Å². The molecule has 1 unspecified atom stereocenters. The van der Waals surface area contributed by atoms with Crippen LogP contribution in [0.4, 0.5) is 8.78 Å². The first-order chi connectivity index (χ1) is 8.99. The lowest BCUT2D eigenvalue weighted by Crippen LogP contribution is -2.01.